The molecule has 0 fully saturated rings. The molecule has 2 heterocycles. The summed E-state index contributed by atoms with van der Waals surface area (Å²) < 4.78 is 46.1. The number of alkyl halides is 3. The van der Waals surface area contributed by atoms with Gasteiger partial charge in [0.25, 0.3) is 5.91 Å². The van der Waals surface area contributed by atoms with Crippen molar-refractivity contribution in [2.45, 2.75) is 25.4 Å². The van der Waals surface area contributed by atoms with Crippen LogP contribution in [0, 0.1) is 6.92 Å². The van der Waals surface area contributed by atoms with Crippen LogP contribution in [-0.4, -0.2) is 44.1 Å². The van der Waals surface area contributed by atoms with Gasteiger partial charge in [-0.1, -0.05) is 48.5 Å². The number of fused-ring (bicyclic) bond motifs is 2. The van der Waals surface area contributed by atoms with Crippen molar-refractivity contribution in [3.05, 3.63) is 94.5 Å². The smallest absolute Gasteiger partial charge is 0.465 e. The van der Waals surface area contributed by atoms with E-state index in [1.807, 2.05) is 0 Å². The summed E-state index contributed by atoms with van der Waals surface area (Å²) in [5.41, 5.74) is -0.214. The Hall–Kier alpha value is -4.87. The third-order valence-electron chi connectivity index (χ3n) is 6.31. The lowest BCUT2D eigenvalue weighted by atomic mass is 9.92. The predicted molar refractivity (Wildman–Crippen MR) is 128 cm³/mol. The lowest BCUT2D eigenvalue weighted by molar-refractivity contribution is -0.222. The van der Waals surface area contributed by atoms with Gasteiger partial charge in [-0.3, -0.25) is 15.0 Å². The molecule has 3 N–H and O–H groups in total. The average Bonchev–Trinajstić information content (AvgIpc) is 3.36. The first-order chi connectivity index (χ1) is 18.0. The van der Waals surface area contributed by atoms with Gasteiger partial charge in [0.05, 0.1) is 17.6 Å². The van der Waals surface area contributed by atoms with Crippen molar-refractivity contribution in [2.75, 3.05) is 5.32 Å². The number of carbonyl (C=O) groups is 3. The second kappa shape index (κ2) is 8.91. The van der Waals surface area contributed by atoms with Crippen molar-refractivity contribution >= 4 is 35.0 Å². The van der Waals surface area contributed by atoms with Crippen molar-refractivity contribution in [2.24, 2.45) is 0 Å². The van der Waals surface area contributed by atoms with Gasteiger partial charge in [-0.25, -0.2) is 14.6 Å². The van der Waals surface area contributed by atoms with Crippen molar-refractivity contribution in [1.29, 1.82) is 0 Å². The van der Waals surface area contributed by atoms with E-state index in [9.17, 15) is 27.6 Å². The van der Waals surface area contributed by atoms with Crippen LogP contribution in [0.4, 0.5) is 23.9 Å². The number of nitrogens with zero attached hydrogens (tertiary/aromatic N) is 2. The molecular weight excluding hydrogens is 505 g/mol. The Bertz CT molecular complexity index is 1600. The number of H-pyrrole nitrogens is 1. The van der Waals surface area contributed by atoms with E-state index in [1.54, 1.807) is 37.3 Å². The van der Waals surface area contributed by atoms with Gasteiger partial charge < -0.3 is 14.8 Å². The molecule has 0 saturated carbocycles. The number of amides is 2. The number of benzene rings is 3. The van der Waals surface area contributed by atoms with E-state index in [0.29, 0.717) is 11.1 Å². The topological polar surface area (TPSA) is 125 Å². The number of carboxylic acid groups (broad SMARTS) is 1. The number of imidazole rings is 1. The summed E-state index contributed by atoms with van der Waals surface area (Å²) in [5, 5.41) is 11.1. The number of aromatic nitrogens is 2. The minimum atomic E-state index is -5.35. The molecule has 1 aromatic heterocycles. The molecule has 194 valence electrons. The highest BCUT2D eigenvalue weighted by molar-refractivity contribution is 6.01. The molecule has 0 spiro atoms. The highest BCUT2D eigenvalue weighted by atomic mass is 19.4. The van der Waals surface area contributed by atoms with E-state index in [1.165, 1.54) is 36.4 Å². The Labute approximate surface area is 212 Å². The van der Waals surface area contributed by atoms with Gasteiger partial charge in [0, 0.05) is 16.7 Å². The molecule has 5 rings (SSSR count). The SMILES string of the molecule is Cc1ccccc1CN1C(=O)c2ccccc2C1(OC(=O)C(F)(F)F)c1ccc2[nH]c(NC(=O)O)nc2c1. The number of aryl methyl sites for hydroxylation is 1. The van der Waals surface area contributed by atoms with Crippen LogP contribution in [0.25, 0.3) is 11.0 Å². The molecule has 0 radical (unpaired) electrons. The number of hydrogen-bond acceptors (Lipinski definition) is 5. The van der Waals surface area contributed by atoms with Crippen LogP contribution in [0.1, 0.15) is 32.6 Å². The van der Waals surface area contributed by atoms with E-state index in [-0.39, 0.29) is 34.7 Å². The first kappa shape index (κ1) is 24.8. The fourth-order valence-corrected chi connectivity index (χ4v) is 4.59. The van der Waals surface area contributed by atoms with E-state index < -0.39 is 29.9 Å². The fraction of sp³-hybridized carbons (Fsp3) is 0.154. The van der Waals surface area contributed by atoms with E-state index in [0.717, 1.165) is 10.5 Å². The summed E-state index contributed by atoms with van der Waals surface area (Å²) in [6, 6.07) is 17.2. The summed E-state index contributed by atoms with van der Waals surface area (Å²) >= 11 is 0. The van der Waals surface area contributed by atoms with Gasteiger partial charge in [0.15, 0.2) is 0 Å². The number of aromatic amines is 1. The quantitative estimate of drug-likeness (QED) is 0.318. The summed E-state index contributed by atoms with van der Waals surface area (Å²) in [4.78, 5) is 45.0. The largest absolute Gasteiger partial charge is 0.491 e. The molecule has 2 amide bonds. The number of nitrogens with one attached hydrogen (secondary N) is 2. The summed E-state index contributed by atoms with van der Waals surface area (Å²) in [6.07, 6.45) is -6.73. The molecule has 4 aromatic rings. The van der Waals surface area contributed by atoms with Gasteiger partial charge in [-0.05, 0) is 36.2 Å². The maximum absolute atomic E-state index is 13.7. The molecule has 1 aliphatic heterocycles. The molecular formula is C26H19F3N4O5. The first-order valence-corrected chi connectivity index (χ1v) is 11.3. The zero-order chi connectivity index (χ0) is 27.2. The van der Waals surface area contributed by atoms with Crippen LogP contribution in [-0.2, 0) is 21.8 Å². The van der Waals surface area contributed by atoms with Crippen molar-refractivity contribution in [1.82, 2.24) is 14.9 Å². The predicted octanol–water partition coefficient (Wildman–Crippen LogP) is 4.92. The maximum atomic E-state index is 13.7. The van der Waals surface area contributed by atoms with Gasteiger partial charge >= 0.3 is 18.2 Å². The number of esters is 1. The van der Waals surface area contributed by atoms with Gasteiger partial charge in [-0.2, -0.15) is 13.2 Å². The second-order valence-corrected chi connectivity index (χ2v) is 8.64. The Morgan fingerprint density at radius 3 is 2.53 bits per heavy atom. The molecule has 0 bridgehead atoms. The molecule has 38 heavy (non-hydrogen) atoms. The standard InChI is InChI=1S/C26H19F3N4O5/c1-14-6-2-3-7-15(14)13-33-21(34)17-8-4-5-9-18(17)25(33,38-22(35)26(27,28)29)16-10-11-19-20(12-16)31-23(30-19)32-24(36)37/h2-12H,13H2,1H3,(H,36,37)(H2,30,31,32). The van der Waals surface area contributed by atoms with Gasteiger partial charge in [0.2, 0.25) is 11.7 Å². The van der Waals surface area contributed by atoms with Crippen molar-refractivity contribution in [3.63, 3.8) is 0 Å². The normalized spacial score (nSPS) is 16.9. The first-order valence-electron chi connectivity index (χ1n) is 11.3. The van der Waals surface area contributed by atoms with E-state index in [4.69, 9.17) is 9.84 Å². The highest BCUT2D eigenvalue weighted by Gasteiger charge is 2.57. The van der Waals surface area contributed by atoms with Crippen molar-refractivity contribution in [3.8, 4) is 0 Å². The molecule has 1 atom stereocenters. The molecule has 12 heteroatoms. The molecule has 1 aliphatic rings. The number of ether oxygens (including phenoxy) is 1. The Balaban J connectivity index is 1.76. The van der Waals surface area contributed by atoms with E-state index >= 15 is 0 Å². The number of halogens is 3. The molecule has 0 aliphatic carbocycles. The Morgan fingerprint density at radius 2 is 1.82 bits per heavy atom. The van der Waals surface area contributed by atoms with Crippen LogP contribution in [0.5, 0.6) is 0 Å². The van der Waals surface area contributed by atoms with Crippen LogP contribution >= 0.6 is 0 Å². The monoisotopic (exact) mass is 524 g/mol. The van der Waals surface area contributed by atoms with Gasteiger partial charge in [0.1, 0.15) is 0 Å². The Morgan fingerprint density at radius 1 is 1.11 bits per heavy atom. The lowest BCUT2D eigenvalue weighted by Gasteiger charge is -2.39. The number of anilines is 1. The van der Waals surface area contributed by atoms with Crippen LogP contribution in [0.15, 0.2) is 66.7 Å². The Kier molecular flexibility index (Phi) is 5.81. The lowest BCUT2D eigenvalue weighted by Crippen LogP contribution is -2.49. The summed E-state index contributed by atoms with van der Waals surface area (Å²) in [7, 11) is 0. The van der Waals surface area contributed by atoms with Crippen LogP contribution in [0.2, 0.25) is 0 Å². The molecule has 0 saturated heterocycles. The summed E-state index contributed by atoms with van der Waals surface area (Å²) in [6.45, 7) is 1.62. The minimum absolute atomic E-state index is 0.0165. The van der Waals surface area contributed by atoms with Crippen molar-refractivity contribution < 1.29 is 37.4 Å². The maximum Gasteiger partial charge on any atom is 0.491 e. The molecule has 3 aromatic carbocycles. The average molecular weight is 524 g/mol. The molecule has 9 nitrogen and oxygen atoms in total. The third kappa shape index (κ3) is 4.09. The number of hydrogen-bond donors (Lipinski definition) is 3. The zero-order valence-electron chi connectivity index (χ0n) is 19.7. The van der Waals surface area contributed by atoms with Crippen LogP contribution < -0.4 is 5.32 Å². The van der Waals surface area contributed by atoms with Crippen LogP contribution in [0.3, 0.4) is 0 Å². The highest BCUT2D eigenvalue weighted by Crippen LogP contribution is 2.47. The number of carbonyl (C=O) groups excluding carboxylic acids is 2. The number of rotatable bonds is 5. The minimum Gasteiger partial charge on any atom is -0.465 e. The third-order valence-corrected chi connectivity index (χ3v) is 6.31. The summed E-state index contributed by atoms with van der Waals surface area (Å²) in [5.74, 6) is -3.23. The fourth-order valence-electron chi connectivity index (χ4n) is 4.59. The van der Waals surface area contributed by atoms with Gasteiger partial charge in [-0.15, -0.1) is 0 Å². The second-order valence-electron chi connectivity index (χ2n) is 8.64. The van der Waals surface area contributed by atoms with E-state index in [2.05, 4.69) is 15.3 Å². The zero-order valence-corrected chi connectivity index (χ0v) is 19.7. The molecule has 1 unspecified atom stereocenters.